The number of rotatable bonds is 5. The van der Waals surface area contributed by atoms with Crippen LogP contribution in [-0.2, 0) is 13.1 Å². The molecule has 0 spiro atoms. The first kappa shape index (κ1) is 14.1. The zero-order chi connectivity index (χ0) is 13.8. The highest BCUT2D eigenvalue weighted by atomic mass is 35.5. The molecule has 0 saturated heterocycles. The van der Waals surface area contributed by atoms with Gasteiger partial charge in [0.25, 0.3) is 0 Å². The Morgan fingerprint density at radius 2 is 2.11 bits per heavy atom. The fraction of sp³-hybridized carbons (Fsp3) is 0.333. The summed E-state index contributed by atoms with van der Waals surface area (Å²) in [7, 11) is 0. The topological polar surface area (TPSA) is 17.0 Å². The third-order valence-electron chi connectivity index (χ3n) is 2.97. The summed E-state index contributed by atoms with van der Waals surface area (Å²) in [5.74, 6) is -0.303. The molecule has 0 saturated carbocycles. The Kier molecular flexibility index (Phi) is 4.61. The summed E-state index contributed by atoms with van der Waals surface area (Å²) in [4.78, 5) is 0. The predicted octanol–water partition coefficient (Wildman–Crippen LogP) is 3.83. The monoisotopic (exact) mass is 280 g/mol. The van der Waals surface area contributed by atoms with Crippen LogP contribution in [0.3, 0.4) is 0 Å². The molecular weight excluding hydrogens is 263 g/mol. The van der Waals surface area contributed by atoms with Gasteiger partial charge in [0.15, 0.2) is 0 Å². The number of nitrogens with zero attached hydrogens (tertiary/aromatic N) is 1. The molecule has 2 nitrogen and oxygen atoms in total. The minimum atomic E-state index is -0.303. The van der Waals surface area contributed by atoms with Gasteiger partial charge in [0.1, 0.15) is 5.82 Å². The minimum Gasteiger partial charge on any atom is -0.346 e. The fourth-order valence-corrected chi connectivity index (χ4v) is 2.13. The van der Waals surface area contributed by atoms with E-state index in [9.17, 15) is 4.39 Å². The second kappa shape index (κ2) is 6.22. The van der Waals surface area contributed by atoms with Crippen molar-refractivity contribution in [3.8, 4) is 0 Å². The van der Waals surface area contributed by atoms with Crippen LogP contribution < -0.4 is 5.32 Å². The molecule has 0 atom stereocenters. The van der Waals surface area contributed by atoms with E-state index in [4.69, 9.17) is 11.6 Å². The highest BCUT2D eigenvalue weighted by Gasteiger charge is 2.06. The number of hydrogen-bond donors (Lipinski definition) is 1. The molecule has 1 heterocycles. The lowest BCUT2D eigenvalue weighted by Crippen LogP contribution is -2.23. The van der Waals surface area contributed by atoms with Crippen molar-refractivity contribution in [1.82, 2.24) is 9.88 Å². The van der Waals surface area contributed by atoms with Crippen LogP contribution in [0.15, 0.2) is 36.5 Å². The predicted molar refractivity (Wildman–Crippen MR) is 76.9 cm³/mol. The molecule has 0 aliphatic carbocycles. The van der Waals surface area contributed by atoms with Crippen LogP contribution >= 0.6 is 11.6 Å². The van der Waals surface area contributed by atoms with Crippen LogP contribution in [0, 0.1) is 5.82 Å². The standard InChI is InChI=1S/C15H18ClFN2/c1-11(2)18-9-14-4-3-7-19(14)10-12-5-6-13(17)8-15(12)16/h3-8,11,18H,9-10H2,1-2H3. The molecule has 0 bridgehead atoms. The summed E-state index contributed by atoms with van der Waals surface area (Å²) in [6.07, 6.45) is 2.01. The van der Waals surface area contributed by atoms with Crippen molar-refractivity contribution in [2.24, 2.45) is 0 Å². The van der Waals surface area contributed by atoms with Gasteiger partial charge in [0.2, 0.25) is 0 Å². The van der Waals surface area contributed by atoms with Gasteiger partial charge in [-0.05, 0) is 29.8 Å². The largest absolute Gasteiger partial charge is 0.346 e. The maximum absolute atomic E-state index is 13.0. The van der Waals surface area contributed by atoms with Crippen LogP contribution in [0.5, 0.6) is 0 Å². The second-order valence-corrected chi connectivity index (χ2v) is 5.31. The van der Waals surface area contributed by atoms with Gasteiger partial charge in [-0.2, -0.15) is 0 Å². The summed E-state index contributed by atoms with van der Waals surface area (Å²) in [6.45, 7) is 5.69. The molecule has 0 aliphatic heterocycles. The molecule has 1 N–H and O–H groups in total. The summed E-state index contributed by atoms with van der Waals surface area (Å²) >= 11 is 6.06. The van der Waals surface area contributed by atoms with Crippen LogP contribution in [0.25, 0.3) is 0 Å². The minimum absolute atomic E-state index is 0.303. The normalized spacial score (nSPS) is 11.2. The molecule has 4 heteroatoms. The van der Waals surface area contributed by atoms with Gasteiger partial charge >= 0.3 is 0 Å². The van der Waals surface area contributed by atoms with E-state index in [1.165, 1.54) is 17.8 Å². The maximum Gasteiger partial charge on any atom is 0.124 e. The number of nitrogens with one attached hydrogen (secondary N) is 1. The number of aromatic nitrogens is 1. The molecule has 19 heavy (non-hydrogen) atoms. The third-order valence-corrected chi connectivity index (χ3v) is 3.32. The SMILES string of the molecule is CC(C)NCc1cccn1Cc1ccc(F)cc1Cl. The van der Waals surface area contributed by atoms with Crippen molar-refractivity contribution in [3.05, 3.63) is 58.6 Å². The molecule has 0 aliphatic rings. The van der Waals surface area contributed by atoms with Gasteiger partial charge in [0.05, 0.1) is 0 Å². The molecular formula is C15H18ClFN2. The zero-order valence-corrected chi connectivity index (χ0v) is 11.9. The Labute approximate surface area is 118 Å². The smallest absolute Gasteiger partial charge is 0.124 e. The van der Waals surface area contributed by atoms with Crippen molar-refractivity contribution in [3.63, 3.8) is 0 Å². The second-order valence-electron chi connectivity index (χ2n) is 4.90. The van der Waals surface area contributed by atoms with Gasteiger partial charge in [-0.1, -0.05) is 31.5 Å². The maximum atomic E-state index is 13.0. The van der Waals surface area contributed by atoms with E-state index < -0.39 is 0 Å². The molecule has 0 fully saturated rings. The molecule has 2 aromatic rings. The highest BCUT2D eigenvalue weighted by molar-refractivity contribution is 6.31. The molecule has 2 rings (SSSR count). The average molecular weight is 281 g/mol. The first-order valence-corrected chi connectivity index (χ1v) is 6.75. The van der Waals surface area contributed by atoms with Gasteiger partial charge in [-0.15, -0.1) is 0 Å². The quantitative estimate of drug-likeness (QED) is 0.881. The number of hydrogen-bond acceptors (Lipinski definition) is 1. The first-order chi connectivity index (χ1) is 9.06. The van der Waals surface area contributed by atoms with E-state index >= 15 is 0 Å². The van der Waals surface area contributed by atoms with Crippen molar-refractivity contribution in [2.75, 3.05) is 0 Å². The van der Waals surface area contributed by atoms with Crippen molar-refractivity contribution >= 4 is 11.6 Å². The Morgan fingerprint density at radius 3 is 2.79 bits per heavy atom. The van der Waals surface area contributed by atoms with E-state index in [1.807, 2.05) is 12.3 Å². The van der Waals surface area contributed by atoms with Gasteiger partial charge in [-0.3, -0.25) is 0 Å². The van der Waals surface area contributed by atoms with Gasteiger partial charge in [-0.25, -0.2) is 4.39 Å². The third kappa shape index (κ3) is 3.82. The average Bonchev–Trinajstić information content (AvgIpc) is 2.77. The lowest BCUT2D eigenvalue weighted by molar-refractivity contribution is 0.564. The molecule has 1 aromatic carbocycles. The lowest BCUT2D eigenvalue weighted by Gasteiger charge is -2.13. The fourth-order valence-electron chi connectivity index (χ4n) is 1.91. The zero-order valence-electron chi connectivity index (χ0n) is 11.2. The molecule has 0 unspecified atom stereocenters. The molecule has 102 valence electrons. The Hall–Kier alpha value is -1.32. The van der Waals surface area contributed by atoms with Crippen molar-refractivity contribution < 1.29 is 4.39 Å². The van der Waals surface area contributed by atoms with Crippen molar-refractivity contribution in [1.29, 1.82) is 0 Å². The highest BCUT2D eigenvalue weighted by Crippen LogP contribution is 2.19. The lowest BCUT2D eigenvalue weighted by atomic mass is 10.2. The van der Waals surface area contributed by atoms with E-state index in [0.29, 0.717) is 17.6 Å². The Balaban J connectivity index is 2.12. The van der Waals surface area contributed by atoms with E-state index in [1.54, 1.807) is 6.07 Å². The first-order valence-electron chi connectivity index (χ1n) is 6.37. The van der Waals surface area contributed by atoms with E-state index in [2.05, 4.69) is 29.8 Å². The summed E-state index contributed by atoms with van der Waals surface area (Å²) < 4.78 is 15.1. The number of benzene rings is 1. The Morgan fingerprint density at radius 1 is 1.32 bits per heavy atom. The van der Waals surface area contributed by atoms with E-state index in [0.717, 1.165) is 12.1 Å². The molecule has 0 radical (unpaired) electrons. The summed E-state index contributed by atoms with van der Waals surface area (Å²) in [5.41, 5.74) is 2.11. The van der Waals surface area contributed by atoms with Crippen LogP contribution in [0.1, 0.15) is 25.1 Å². The Bertz CT molecular complexity index is 549. The van der Waals surface area contributed by atoms with Gasteiger partial charge < -0.3 is 9.88 Å². The van der Waals surface area contributed by atoms with Crippen LogP contribution in [0.2, 0.25) is 5.02 Å². The molecule has 1 aromatic heterocycles. The summed E-state index contributed by atoms with van der Waals surface area (Å²) in [5, 5.41) is 3.85. The molecule has 0 amide bonds. The van der Waals surface area contributed by atoms with Crippen molar-refractivity contribution in [2.45, 2.75) is 33.0 Å². The van der Waals surface area contributed by atoms with Gasteiger partial charge in [0, 0.05) is 36.0 Å². The summed E-state index contributed by atoms with van der Waals surface area (Å²) in [6, 6.07) is 9.06. The number of halogens is 2. The van der Waals surface area contributed by atoms with E-state index in [-0.39, 0.29) is 5.82 Å². The van der Waals surface area contributed by atoms with Crippen LogP contribution in [-0.4, -0.2) is 10.6 Å². The van der Waals surface area contributed by atoms with Crippen LogP contribution in [0.4, 0.5) is 4.39 Å².